The maximum absolute atomic E-state index is 6.75. The summed E-state index contributed by atoms with van der Waals surface area (Å²) in [5, 5.41) is 1.97. The smallest absolute Gasteiger partial charge is 0.0727 e. The lowest BCUT2D eigenvalue weighted by Crippen LogP contribution is -2.50. The monoisotopic (exact) mass is 409 g/mol. The lowest BCUT2D eigenvalue weighted by Gasteiger charge is -2.43. The van der Waals surface area contributed by atoms with E-state index in [1.807, 2.05) is 0 Å². The third-order valence-electron chi connectivity index (χ3n) is 6.49. The van der Waals surface area contributed by atoms with Crippen LogP contribution in [0.1, 0.15) is 56.4 Å². The molecule has 0 saturated carbocycles. The molecule has 0 radical (unpaired) electrons. The van der Waals surface area contributed by atoms with Gasteiger partial charge in [0.25, 0.3) is 0 Å². The van der Waals surface area contributed by atoms with E-state index >= 15 is 0 Å². The number of piperazine rings is 1. The average molecular weight is 410 g/mol. The van der Waals surface area contributed by atoms with Gasteiger partial charge in [0.05, 0.1) is 10.5 Å². The highest BCUT2D eigenvalue weighted by atomic mass is 35.5. The van der Waals surface area contributed by atoms with E-state index in [-0.39, 0.29) is 0 Å². The van der Waals surface area contributed by atoms with Crippen molar-refractivity contribution < 1.29 is 0 Å². The van der Waals surface area contributed by atoms with Crippen LogP contribution in [-0.4, -0.2) is 40.5 Å². The fraction of sp³-hybridized carbons (Fsp3) is 0.480. The molecule has 3 nitrogen and oxygen atoms in total. The van der Waals surface area contributed by atoms with Crippen LogP contribution in [0.2, 0.25) is 5.02 Å². The molecular formula is C25H32ClN3. The van der Waals surface area contributed by atoms with Crippen molar-refractivity contribution in [2.45, 2.75) is 58.4 Å². The molecular weight excluding hydrogens is 378 g/mol. The van der Waals surface area contributed by atoms with Gasteiger partial charge in [0.2, 0.25) is 0 Å². The van der Waals surface area contributed by atoms with Crippen LogP contribution in [-0.2, 0) is 12.8 Å². The number of hydrogen-bond acceptors (Lipinski definition) is 3. The minimum absolute atomic E-state index is 0.403. The van der Waals surface area contributed by atoms with E-state index in [4.69, 9.17) is 16.6 Å². The Morgan fingerprint density at radius 2 is 2.00 bits per heavy atom. The van der Waals surface area contributed by atoms with Gasteiger partial charge in [-0.1, -0.05) is 50.2 Å². The molecule has 0 amide bonds. The Balaban J connectivity index is 1.57. The van der Waals surface area contributed by atoms with Gasteiger partial charge in [-0.3, -0.25) is 4.98 Å². The number of aromatic nitrogens is 1. The fourth-order valence-electron chi connectivity index (χ4n) is 4.80. The number of benzene rings is 1. The Kier molecular flexibility index (Phi) is 5.87. The maximum atomic E-state index is 6.75. The van der Waals surface area contributed by atoms with E-state index in [2.05, 4.69) is 55.0 Å². The van der Waals surface area contributed by atoms with Crippen molar-refractivity contribution in [2.24, 2.45) is 0 Å². The van der Waals surface area contributed by atoms with Crippen LogP contribution in [0.25, 0.3) is 16.6 Å². The van der Waals surface area contributed by atoms with Crippen molar-refractivity contribution in [3.8, 4) is 0 Å². The summed E-state index contributed by atoms with van der Waals surface area (Å²) >= 11 is 6.75. The lowest BCUT2D eigenvalue weighted by molar-refractivity contribution is 0.155. The van der Waals surface area contributed by atoms with Gasteiger partial charge in [0.1, 0.15) is 0 Å². The number of nitrogens with zero attached hydrogens (tertiary/aromatic N) is 3. The molecule has 2 aromatic rings. The van der Waals surface area contributed by atoms with Crippen molar-refractivity contribution in [2.75, 3.05) is 19.6 Å². The number of halogens is 1. The first-order valence-electron chi connectivity index (χ1n) is 11.0. The van der Waals surface area contributed by atoms with Gasteiger partial charge in [-0.05, 0) is 56.2 Å². The van der Waals surface area contributed by atoms with E-state index in [1.54, 1.807) is 0 Å². The molecule has 1 saturated heterocycles. The van der Waals surface area contributed by atoms with E-state index in [0.29, 0.717) is 6.04 Å². The summed E-state index contributed by atoms with van der Waals surface area (Å²) in [6.45, 7) is 16.2. The highest BCUT2D eigenvalue weighted by Crippen LogP contribution is 2.34. The number of rotatable bonds is 5. The first-order chi connectivity index (χ1) is 14.0. The summed E-state index contributed by atoms with van der Waals surface area (Å²) in [6.07, 6.45) is 6.74. The highest BCUT2D eigenvalue weighted by molar-refractivity contribution is 6.36. The SMILES string of the molecule is C=C(CCC)N1CCN(C(=C)c2ccc3c(Cl)c4c(nc3c2)CCCC4)C(C)C1. The van der Waals surface area contributed by atoms with E-state index in [0.717, 1.165) is 72.5 Å². The minimum Gasteiger partial charge on any atom is -0.371 e. The van der Waals surface area contributed by atoms with Gasteiger partial charge < -0.3 is 9.80 Å². The van der Waals surface area contributed by atoms with E-state index in [9.17, 15) is 0 Å². The summed E-state index contributed by atoms with van der Waals surface area (Å²) in [6, 6.07) is 6.86. The molecule has 0 bridgehead atoms. The number of allylic oxidation sites excluding steroid dienone is 1. The van der Waals surface area contributed by atoms with Crippen LogP contribution in [0.3, 0.4) is 0 Å². The lowest BCUT2D eigenvalue weighted by atomic mass is 9.94. The van der Waals surface area contributed by atoms with Gasteiger partial charge in [-0.15, -0.1) is 0 Å². The van der Waals surface area contributed by atoms with Gasteiger partial charge in [-0.25, -0.2) is 0 Å². The maximum Gasteiger partial charge on any atom is 0.0727 e. The van der Waals surface area contributed by atoms with E-state index < -0.39 is 0 Å². The zero-order valence-electron chi connectivity index (χ0n) is 17.8. The molecule has 1 aromatic heterocycles. The molecule has 1 unspecified atom stereocenters. The second kappa shape index (κ2) is 8.39. The number of hydrogen-bond donors (Lipinski definition) is 0. The Morgan fingerprint density at radius 1 is 1.21 bits per heavy atom. The van der Waals surface area contributed by atoms with Gasteiger partial charge in [0, 0.05) is 48.2 Å². The second-order valence-corrected chi connectivity index (χ2v) is 8.92. The largest absolute Gasteiger partial charge is 0.371 e. The standard InChI is InChI=1S/C25H32ClN3/c1-5-8-17(2)28-13-14-29(18(3)16-28)19(4)20-11-12-22-24(15-20)27-23-10-7-6-9-21(23)25(22)26/h11-12,15,18H,2,4-10,13-14,16H2,1,3H3. The van der Waals surface area contributed by atoms with Crippen molar-refractivity contribution in [3.05, 3.63) is 58.9 Å². The summed E-state index contributed by atoms with van der Waals surface area (Å²) in [4.78, 5) is 9.84. The minimum atomic E-state index is 0.403. The fourth-order valence-corrected chi connectivity index (χ4v) is 5.17. The normalized spacial score (nSPS) is 19.3. The number of aryl methyl sites for hydroxylation is 1. The summed E-state index contributed by atoms with van der Waals surface area (Å²) in [7, 11) is 0. The average Bonchev–Trinajstić information content (AvgIpc) is 2.73. The quantitative estimate of drug-likeness (QED) is 0.598. The molecule has 0 spiro atoms. The molecule has 1 aliphatic heterocycles. The van der Waals surface area contributed by atoms with Crippen molar-refractivity contribution >= 4 is 28.2 Å². The highest BCUT2D eigenvalue weighted by Gasteiger charge is 2.26. The Bertz CT molecular complexity index is 949. The Hall–Kier alpha value is -2.00. The molecule has 0 N–H and O–H groups in total. The number of fused-ring (bicyclic) bond motifs is 2. The van der Waals surface area contributed by atoms with Crippen molar-refractivity contribution in [1.82, 2.24) is 14.8 Å². The van der Waals surface area contributed by atoms with Gasteiger partial charge in [0.15, 0.2) is 0 Å². The zero-order chi connectivity index (χ0) is 20.5. The van der Waals surface area contributed by atoms with Crippen molar-refractivity contribution in [3.63, 3.8) is 0 Å². The molecule has 1 atom stereocenters. The molecule has 1 aliphatic carbocycles. The number of pyridine rings is 1. The summed E-state index contributed by atoms with van der Waals surface area (Å²) in [5.74, 6) is 0. The van der Waals surface area contributed by atoms with Crippen LogP contribution in [0.5, 0.6) is 0 Å². The molecule has 2 aliphatic rings. The first-order valence-corrected chi connectivity index (χ1v) is 11.4. The van der Waals surface area contributed by atoms with Crippen LogP contribution >= 0.6 is 11.6 Å². The molecule has 4 rings (SSSR count). The predicted octanol–water partition coefficient (Wildman–Crippen LogP) is 6.06. The van der Waals surface area contributed by atoms with Gasteiger partial charge >= 0.3 is 0 Å². The third kappa shape index (κ3) is 3.90. The molecule has 1 aromatic carbocycles. The summed E-state index contributed by atoms with van der Waals surface area (Å²) < 4.78 is 0. The molecule has 2 heterocycles. The van der Waals surface area contributed by atoms with Crippen molar-refractivity contribution in [1.29, 1.82) is 0 Å². The Labute approximate surface area is 180 Å². The molecule has 29 heavy (non-hydrogen) atoms. The predicted molar refractivity (Wildman–Crippen MR) is 124 cm³/mol. The van der Waals surface area contributed by atoms with Crippen LogP contribution in [0.4, 0.5) is 0 Å². The molecule has 154 valence electrons. The van der Waals surface area contributed by atoms with Gasteiger partial charge in [-0.2, -0.15) is 0 Å². The third-order valence-corrected chi connectivity index (χ3v) is 6.92. The topological polar surface area (TPSA) is 19.4 Å². The van der Waals surface area contributed by atoms with Crippen LogP contribution < -0.4 is 0 Å². The Morgan fingerprint density at radius 3 is 2.76 bits per heavy atom. The van der Waals surface area contributed by atoms with Crippen LogP contribution in [0, 0.1) is 0 Å². The zero-order valence-corrected chi connectivity index (χ0v) is 18.6. The van der Waals surface area contributed by atoms with Crippen LogP contribution in [0.15, 0.2) is 37.1 Å². The summed E-state index contributed by atoms with van der Waals surface area (Å²) in [5.41, 5.74) is 6.93. The van der Waals surface area contributed by atoms with E-state index in [1.165, 1.54) is 29.8 Å². The first kappa shape index (κ1) is 20.3. The second-order valence-electron chi connectivity index (χ2n) is 8.54. The molecule has 4 heteroatoms. The molecule has 1 fully saturated rings.